The second-order valence-electron chi connectivity index (χ2n) is 6.27. The van der Waals surface area contributed by atoms with E-state index in [1.54, 1.807) is 18.5 Å². The first kappa shape index (κ1) is 17.8. The molecule has 2 aromatic carbocycles. The summed E-state index contributed by atoms with van der Waals surface area (Å²) in [5.74, 6) is -1.99. The zero-order valence-electron chi connectivity index (χ0n) is 14.8. The third-order valence-electron chi connectivity index (χ3n) is 4.24. The predicted octanol–water partition coefficient (Wildman–Crippen LogP) is 4.39. The molecule has 0 radical (unpaired) electrons. The fourth-order valence-electron chi connectivity index (χ4n) is 2.82. The third kappa shape index (κ3) is 3.64. The Bertz CT molecular complexity index is 962. The summed E-state index contributed by atoms with van der Waals surface area (Å²) in [5.41, 5.74) is 3.79. The molecular weight excluding hydrogens is 336 g/mol. The maximum absolute atomic E-state index is 13.8. The number of halogens is 2. The molecule has 0 atom stereocenters. The van der Waals surface area contributed by atoms with Crippen LogP contribution in [0.4, 0.5) is 14.5 Å². The summed E-state index contributed by atoms with van der Waals surface area (Å²) in [6.07, 6.45) is 0. The number of amides is 1. The minimum atomic E-state index is -0.819. The molecule has 1 aromatic heterocycles. The van der Waals surface area contributed by atoms with Crippen molar-refractivity contribution in [1.29, 1.82) is 0 Å². The topological polar surface area (TPSA) is 46.9 Å². The monoisotopic (exact) mass is 355 g/mol. The zero-order chi connectivity index (χ0) is 18.8. The molecule has 0 unspecified atom stereocenters. The first-order valence-electron chi connectivity index (χ1n) is 8.21. The van der Waals surface area contributed by atoms with Crippen molar-refractivity contribution >= 4 is 11.6 Å². The van der Waals surface area contributed by atoms with Crippen molar-refractivity contribution < 1.29 is 13.6 Å². The fraction of sp³-hybridized carbons (Fsp3) is 0.200. The molecular formula is C20H19F2N3O. The van der Waals surface area contributed by atoms with Crippen molar-refractivity contribution in [1.82, 2.24) is 9.78 Å². The number of hydrogen-bond donors (Lipinski definition) is 1. The number of anilines is 1. The molecule has 3 aromatic rings. The highest BCUT2D eigenvalue weighted by atomic mass is 19.1. The van der Waals surface area contributed by atoms with E-state index >= 15 is 0 Å². The summed E-state index contributed by atoms with van der Waals surface area (Å²) >= 11 is 0. The lowest BCUT2D eigenvalue weighted by Crippen LogP contribution is -2.15. The minimum Gasteiger partial charge on any atom is -0.319 e. The van der Waals surface area contributed by atoms with Gasteiger partial charge in [-0.1, -0.05) is 29.8 Å². The largest absolute Gasteiger partial charge is 0.319 e. The lowest BCUT2D eigenvalue weighted by Gasteiger charge is -2.08. The Hall–Kier alpha value is -3.02. The summed E-state index contributed by atoms with van der Waals surface area (Å²) in [5, 5.41) is 6.92. The van der Waals surface area contributed by atoms with Crippen LogP contribution in [0.3, 0.4) is 0 Å². The van der Waals surface area contributed by atoms with Crippen molar-refractivity contribution in [2.24, 2.45) is 0 Å². The Morgan fingerprint density at radius 1 is 1.08 bits per heavy atom. The molecule has 1 amide bonds. The van der Waals surface area contributed by atoms with E-state index in [1.165, 1.54) is 11.6 Å². The second kappa shape index (κ2) is 7.07. The molecule has 26 heavy (non-hydrogen) atoms. The lowest BCUT2D eigenvalue weighted by atomic mass is 10.1. The van der Waals surface area contributed by atoms with Crippen LogP contribution in [-0.2, 0) is 6.54 Å². The summed E-state index contributed by atoms with van der Waals surface area (Å²) in [6, 6.07) is 11.1. The molecule has 0 saturated carbocycles. The summed E-state index contributed by atoms with van der Waals surface area (Å²) < 4.78 is 28.5. The van der Waals surface area contributed by atoms with Gasteiger partial charge in [0.05, 0.1) is 23.5 Å². The zero-order valence-corrected chi connectivity index (χ0v) is 14.8. The number of aromatic nitrogens is 2. The van der Waals surface area contributed by atoms with Gasteiger partial charge in [-0.2, -0.15) is 5.10 Å². The van der Waals surface area contributed by atoms with E-state index in [0.29, 0.717) is 23.5 Å². The molecule has 134 valence electrons. The van der Waals surface area contributed by atoms with Gasteiger partial charge in [-0.05, 0) is 38.5 Å². The fourth-order valence-corrected chi connectivity index (χ4v) is 2.82. The smallest absolute Gasteiger partial charge is 0.259 e. The van der Waals surface area contributed by atoms with E-state index in [1.807, 2.05) is 31.2 Å². The van der Waals surface area contributed by atoms with Crippen LogP contribution >= 0.6 is 0 Å². The summed E-state index contributed by atoms with van der Waals surface area (Å²) in [4.78, 5) is 12.6. The molecule has 0 spiro atoms. The van der Waals surface area contributed by atoms with Crippen LogP contribution in [0.15, 0.2) is 42.5 Å². The van der Waals surface area contributed by atoms with Crippen LogP contribution in [-0.4, -0.2) is 15.7 Å². The highest BCUT2D eigenvalue weighted by molar-refractivity contribution is 6.05. The van der Waals surface area contributed by atoms with Gasteiger partial charge in [0.2, 0.25) is 0 Å². The van der Waals surface area contributed by atoms with Gasteiger partial charge in [-0.25, -0.2) is 8.78 Å². The van der Waals surface area contributed by atoms with Crippen LogP contribution in [0.25, 0.3) is 0 Å². The van der Waals surface area contributed by atoms with Crippen molar-refractivity contribution in [3.8, 4) is 0 Å². The molecule has 3 rings (SSSR count). The quantitative estimate of drug-likeness (QED) is 0.755. The highest BCUT2D eigenvalue weighted by Crippen LogP contribution is 2.20. The number of carbonyl (C=O) groups is 1. The minimum absolute atomic E-state index is 0.0681. The number of aryl methyl sites for hydroxylation is 2. The average molecular weight is 355 g/mol. The SMILES string of the molecule is Cc1ccc(Cn2nc(C)c(C(=O)Nc3ccc(F)cc3F)c2C)cc1. The number of nitrogens with one attached hydrogen (secondary N) is 1. The number of hydrogen-bond acceptors (Lipinski definition) is 2. The van der Waals surface area contributed by atoms with Gasteiger partial charge in [-0.15, -0.1) is 0 Å². The summed E-state index contributed by atoms with van der Waals surface area (Å²) in [6.45, 7) is 6.08. The van der Waals surface area contributed by atoms with Crippen molar-refractivity contribution in [2.75, 3.05) is 5.32 Å². The number of carbonyl (C=O) groups excluding carboxylic acids is 1. The average Bonchev–Trinajstić information content (AvgIpc) is 2.86. The molecule has 1 N–H and O–H groups in total. The van der Waals surface area contributed by atoms with Gasteiger partial charge in [0, 0.05) is 11.8 Å². The Balaban J connectivity index is 1.84. The molecule has 1 heterocycles. The van der Waals surface area contributed by atoms with Gasteiger partial charge in [0.1, 0.15) is 11.6 Å². The highest BCUT2D eigenvalue weighted by Gasteiger charge is 2.20. The Morgan fingerprint density at radius 2 is 1.77 bits per heavy atom. The standard InChI is InChI=1S/C20H19F2N3O/c1-12-4-6-15(7-5-12)11-25-14(3)19(13(2)24-25)20(26)23-18-9-8-16(21)10-17(18)22/h4-10H,11H2,1-3H3,(H,23,26). The molecule has 6 heteroatoms. The van der Waals surface area contributed by atoms with Gasteiger partial charge in [0.15, 0.2) is 0 Å². The number of benzene rings is 2. The molecule has 0 aliphatic rings. The second-order valence-corrected chi connectivity index (χ2v) is 6.27. The first-order valence-corrected chi connectivity index (χ1v) is 8.21. The van der Waals surface area contributed by atoms with Crippen LogP contribution in [0, 0.1) is 32.4 Å². The third-order valence-corrected chi connectivity index (χ3v) is 4.24. The van der Waals surface area contributed by atoms with E-state index in [9.17, 15) is 13.6 Å². The van der Waals surface area contributed by atoms with Crippen molar-refractivity contribution in [3.05, 3.63) is 82.2 Å². The Morgan fingerprint density at radius 3 is 2.42 bits per heavy atom. The van der Waals surface area contributed by atoms with Gasteiger partial charge < -0.3 is 5.32 Å². The first-order chi connectivity index (χ1) is 12.3. The molecule has 0 fully saturated rings. The normalized spacial score (nSPS) is 10.8. The van der Waals surface area contributed by atoms with Gasteiger partial charge in [-0.3, -0.25) is 9.48 Å². The van der Waals surface area contributed by atoms with E-state index in [-0.39, 0.29) is 5.69 Å². The van der Waals surface area contributed by atoms with Crippen molar-refractivity contribution in [2.45, 2.75) is 27.3 Å². The van der Waals surface area contributed by atoms with E-state index in [2.05, 4.69) is 10.4 Å². The van der Waals surface area contributed by atoms with Crippen LogP contribution in [0.2, 0.25) is 0 Å². The molecule has 0 aliphatic carbocycles. The predicted molar refractivity (Wildman–Crippen MR) is 96.3 cm³/mol. The summed E-state index contributed by atoms with van der Waals surface area (Å²) in [7, 11) is 0. The van der Waals surface area contributed by atoms with Crippen LogP contribution in [0.5, 0.6) is 0 Å². The van der Waals surface area contributed by atoms with Crippen LogP contribution in [0.1, 0.15) is 32.9 Å². The van der Waals surface area contributed by atoms with Gasteiger partial charge in [0.25, 0.3) is 5.91 Å². The van der Waals surface area contributed by atoms with Gasteiger partial charge >= 0.3 is 0 Å². The lowest BCUT2D eigenvalue weighted by molar-refractivity contribution is 0.102. The van der Waals surface area contributed by atoms with E-state index in [0.717, 1.165) is 17.7 Å². The maximum atomic E-state index is 13.8. The van der Waals surface area contributed by atoms with Crippen LogP contribution < -0.4 is 5.32 Å². The van der Waals surface area contributed by atoms with Crippen molar-refractivity contribution in [3.63, 3.8) is 0 Å². The Labute approximate surface area is 150 Å². The molecule has 4 nitrogen and oxygen atoms in total. The molecule has 0 saturated heterocycles. The Kier molecular flexibility index (Phi) is 4.84. The molecule has 0 aliphatic heterocycles. The molecule has 0 bridgehead atoms. The maximum Gasteiger partial charge on any atom is 0.259 e. The van der Waals surface area contributed by atoms with E-state index < -0.39 is 17.5 Å². The van der Waals surface area contributed by atoms with E-state index in [4.69, 9.17) is 0 Å². The number of nitrogens with zero attached hydrogens (tertiary/aromatic N) is 2. The number of rotatable bonds is 4.